The monoisotopic (exact) mass is 516 g/mol. The Hall–Kier alpha value is -3.98. The second-order valence-electron chi connectivity index (χ2n) is 9.95. The molecule has 1 aliphatic carbocycles. The van der Waals surface area contributed by atoms with E-state index < -0.39 is 21.7 Å². The van der Waals surface area contributed by atoms with Gasteiger partial charge in [-0.15, -0.1) is 0 Å². The summed E-state index contributed by atoms with van der Waals surface area (Å²) in [6.45, 7) is 9.17. The van der Waals surface area contributed by atoms with Gasteiger partial charge in [-0.25, -0.2) is 17.2 Å². The lowest BCUT2D eigenvalue weighted by atomic mass is 10.0. The Morgan fingerprint density at radius 2 is 1.89 bits per heavy atom. The minimum absolute atomic E-state index is 0.175. The number of nitrogens with zero attached hydrogens (tertiary/aromatic N) is 3. The molecule has 8 nitrogen and oxygen atoms in total. The van der Waals surface area contributed by atoms with Crippen LogP contribution in [0.2, 0.25) is 0 Å². The van der Waals surface area contributed by atoms with Crippen LogP contribution in [0.25, 0.3) is 28.4 Å². The third-order valence-corrected chi connectivity index (χ3v) is 8.01. The molecule has 37 heavy (non-hydrogen) atoms. The molecule has 4 aromatic rings. The highest BCUT2D eigenvalue weighted by Gasteiger charge is 2.31. The van der Waals surface area contributed by atoms with Crippen LogP contribution in [-0.2, 0) is 21.2 Å². The fraction of sp³-hybridized carbons (Fsp3) is 0.250. The number of benzene rings is 2. The van der Waals surface area contributed by atoms with E-state index in [1.165, 1.54) is 3.97 Å². The van der Waals surface area contributed by atoms with Crippen molar-refractivity contribution in [3.05, 3.63) is 84.3 Å². The number of hydrogen-bond acceptors (Lipinski definition) is 6. The van der Waals surface area contributed by atoms with Gasteiger partial charge in [-0.2, -0.15) is 0 Å². The molecule has 0 saturated heterocycles. The number of amides is 1. The van der Waals surface area contributed by atoms with E-state index in [4.69, 9.17) is 4.74 Å². The second kappa shape index (κ2) is 9.15. The quantitative estimate of drug-likeness (QED) is 0.376. The van der Waals surface area contributed by atoms with Crippen LogP contribution >= 0.6 is 0 Å². The van der Waals surface area contributed by atoms with E-state index in [9.17, 15) is 13.2 Å². The van der Waals surface area contributed by atoms with Crippen molar-refractivity contribution < 1.29 is 17.9 Å². The molecule has 1 N–H and O–H groups in total. The minimum Gasteiger partial charge on any atom is -0.444 e. The van der Waals surface area contributed by atoms with Gasteiger partial charge in [0.2, 0.25) is 0 Å². The number of ether oxygens (including phenoxy) is 1. The van der Waals surface area contributed by atoms with Crippen LogP contribution in [-0.4, -0.2) is 34.1 Å². The average Bonchev–Trinajstić information content (AvgIpc) is 3.45. The highest BCUT2D eigenvalue weighted by Crippen LogP contribution is 2.40. The molecule has 2 aromatic carbocycles. The third kappa shape index (κ3) is 4.62. The first kappa shape index (κ1) is 24.7. The van der Waals surface area contributed by atoms with Crippen molar-refractivity contribution in [3.63, 3.8) is 0 Å². The van der Waals surface area contributed by atoms with E-state index in [0.717, 1.165) is 16.5 Å². The van der Waals surface area contributed by atoms with Gasteiger partial charge in [-0.05, 0) is 75.1 Å². The first-order chi connectivity index (χ1) is 17.6. The summed E-state index contributed by atoms with van der Waals surface area (Å²) in [5, 5.41) is 3.76. The molecule has 0 radical (unpaired) electrons. The van der Waals surface area contributed by atoms with Gasteiger partial charge in [0.1, 0.15) is 11.3 Å². The Labute approximate surface area is 216 Å². The number of rotatable bonds is 5. The Bertz CT molecular complexity index is 1600. The van der Waals surface area contributed by atoms with Crippen molar-refractivity contribution in [1.29, 1.82) is 0 Å². The van der Waals surface area contributed by atoms with Crippen molar-refractivity contribution in [2.75, 3.05) is 0 Å². The lowest BCUT2D eigenvalue weighted by Crippen LogP contribution is -2.34. The van der Waals surface area contributed by atoms with Crippen LogP contribution < -0.4 is 5.32 Å². The van der Waals surface area contributed by atoms with Crippen LogP contribution in [0.4, 0.5) is 4.79 Å². The lowest BCUT2D eigenvalue weighted by molar-refractivity contribution is 0.0503. The summed E-state index contributed by atoms with van der Waals surface area (Å²) in [6, 6.07) is 13.6. The molecule has 190 valence electrons. The number of hydrogen-bond donors (Lipinski definition) is 1. The van der Waals surface area contributed by atoms with Gasteiger partial charge < -0.3 is 10.1 Å². The number of aryl methyl sites for hydroxylation is 1. The fourth-order valence-corrected chi connectivity index (χ4v) is 6.23. The summed E-state index contributed by atoms with van der Waals surface area (Å²) in [6.07, 6.45) is 5.59. The molecule has 9 heteroatoms. The molecule has 0 aliphatic heterocycles. The van der Waals surface area contributed by atoms with Crippen LogP contribution in [0, 0.1) is 0 Å². The summed E-state index contributed by atoms with van der Waals surface area (Å²) >= 11 is 0. The molecule has 0 saturated carbocycles. The summed E-state index contributed by atoms with van der Waals surface area (Å²) < 4.78 is 34.6. The Kier molecular flexibility index (Phi) is 6.11. The molecule has 5 rings (SSSR count). The highest BCUT2D eigenvalue weighted by atomic mass is 32.2. The van der Waals surface area contributed by atoms with Crippen molar-refractivity contribution in [2.45, 2.75) is 50.2 Å². The van der Waals surface area contributed by atoms with Gasteiger partial charge in [0.15, 0.2) is 0 Å². The molecule has 0 fully saturated rings. The molecule has 1 atom stereocenters. The van der Waals surface area contributed by atoms with Gasteiger partial charge in [-0.3, -0.25) is 9.97 Å². The zero-order valence-electron chi connectivity index (χ0n) is 20.9. The van der Waals surface area contributed by atoms with E-state index in [1.807, 2.05) is 32.9 Å². The third-order valence-electron chi connectivity index (χ3n) is 6.26. The van der Waals surface area contributed by atoms with Crippen molar-refractivity contribution in [3.8, 4) is 11.4 Å². The van der Waals surface area contributed by atoms with Crippen molar-refractivity contribution >= 4 is 33.1 Å². The molecular weight excluding hydrogens is 488 g/mol. The number of nitrogens with one attached hydrogen (secondary N) is 1. The summed E-state index contributed by atoms with van der Waals surface area (Å²) in [5.74, 6) is 0. The maximum absolute atomic E-state index is 13.9. The first-order valence-electron chi connectivity index (χ1n) is 12.0. The van der Waals surface area contributed by atoms with Crippen LogP contribution in [0.1, 0.15) is 50.1 Å². The Morgan fingerprint density at radius 3 is 2.54 bits per heavy atom. The van der Waals surface area contributed by atoms with Gasteiger partial charge >= 0.3 is 6.09 Å². The van der Waals surface area contributed by atoms with Crippen molar-refractivity contribution in [2.24, 2.45) is 0 Å². The largest absolute Gasteiger partial charge is 0.444 e. The smallest absolute Gasteiger partial charge is 0.408 e. The summed E-state index contributed by atoms with van der Waals surface area (Å²) in [5.41, 5.74) is 3.33. The number of carbonyl (C=O) groups is 1. The van der Waals surface area contributed by atoms with E-state index in [0.29, 0.717) is 35.4 Å². The van der Waals surface area contributed by atoms with Gasteiger partial charge in [0.05, 0.1) is 40.2 Å². The first-order valence-corrected chi connectivity index (χ1v) is 13.4. The Morgan fingerprint density at radius 1 is 1.14 bits per heavy atom. The summed E-state index contributed by atoms with van der Waals surface area (Å²) in [4.78, 5) is 21.4. The van der Waals surface area contributed by atoms with Gasteiger partial charge in [0, 0.05) is 5.39 Å². The topological polar surface area (TPSA) is 103 Å². The second-order valence-corrected chi connectivity index (χ2v) is 11.7. The molecule has 1 aliphatic rings. The average molecular weight is 517 g/mol. The molecule has 2 heterocycles. The number of fused-ring (bicyclic) bond motifs is 3. The maximum atomic E-state index is 13.9. The van der Waals surface area contributed by atoms with Gasteiger partial charge in [-0.1, -0.05) is 30.8 Å². The molecule has 2 aromatic heterocycles. The fourth-order valence-electron chi connectivity index (χ4n) is 4.69. The summed E-state index contributed by atoms with van der Waals surface area (Å²) in [7, 11) is -3.95. The van der Waals surface area contributed by atoms with Gasteiger partial charge in [0.25, 0.3) is 10.0 Å². The predicted molar refractivity (Wildman–Crippen MR) is 143 cm³/mol. The van der Waals surface area contributed by atoms with Crippen LogP contribution in [0.5, 0.6) is 0 Å². The zero-order valence-corrected chi connectivity index (χ0v) is 21.7. The molecule has 0 spiro atoms. The zero-order chi connectivity index (χ0) is 26.4. The van der Waals surface area contributed by atoms with E-state index >= 15 is 0 Å². The lowest BCUT2D eigenvalue weighted by Gasteiger charge is -2.22. The number of aromatic nitrogens is 3. The Balaban J connectivity index is 1.66. The van der Waals surface area contributed by atoms with E-state index in [-0.39, 0.29) is 10.9 Å². The maximum Gasteiger partial charge on any atom is 0.408 e. The van der Waals surface area contributed by atoms with Crippen molar-refractivity contribution in [1.82, 2.24) is 19.3 Å². The molecule has 0 bridgehead atoms. The minimum atomic E-state index is -3.95. The van der Waals surface area contributed by atoms with E-state index in [2.05, 4.69) is 21.9 Å². The predicted octanol–water partition coefficient (Wildman–Crippen LogP) is 5.49. The SMILES string of the molecule is C=Cc1cnc(-c2cc3c4c(ccc3n2S(=O)(=O)c2ccccc2)[C@H](NC(=O)OC(C)(C)C)CC4)cn1. The number of alkyl carbamates (subject to hydrolysis) is 1. The standard InChI is InChI=1S/C28H28N4O4S/c1-5-18-16-30-24(17-29-18)26-15-22-20-11-13-23(31-27(33)36-28(2,3)4)21(20)12-14-25(22)32(26)37(34,35)19-9-7-6-8-10-19/h5-10,12,14-17,23H,1,11,13H2,2-4H3,(H,31,33)/t23-/m1/s1. The number of carbonyl (C=O) groups excluding carboxylic acids is 1. The molecule has 1 amide bonds. The highest BCUT2D eigenvalue weighted by molar-refractivity contribution is 7.90. The molecular formula is C28H28N4O4S. The van der Waals surface area contributed by atoms with Crippen LogP contribution in [0.3, 0.4) is 0 Å². The normalized spacial score (nSPS) is 15.4. The van der Waals surface area contributed by atoms with Crippen LogP contribution in [0.15, 0.2) is 72.4 Å². The molecule has 0 unspecified atom stereocenters. The van der Waals surface area contributed by atoms with E-state index in [1.54, 1.807) is 54.9 Å².